The molecule has 0 aliphatic heterocycles. The zero-order valence-electron chi connectivity index (χ0n) is 11.5. The highest BCUT2D eigenvalue weighted by Gasteiger charge is 2.13. The van der Waals surface area contributed by atoms with Crippen LogP contribution in [-0.2, 0) is 11.3 Å². The Kier molecular flexibility index (Phi) is 5.01. The van der Waals surface area contributed by atoms with E-state index < -0.39 is 6.10 Å². The number of ether oxygens (including phenoxy) is 2. The van der Waals surface area contributed by atoms with Gasteiger partial charge in [0, 0.05) is 7.11 Å². The fourth-order valence-corrected chi connectivity index (χ4v) is 2.25. The number of hydrogen-bond donors (Lipinski definition) is 1. The van der Waals surface area contributed by atoms with E-state index in [-0.39, 0.29) is 0 Å². The smallest absolute Gasteiger partial charge is 0.137 e. The summed E-state index contributed by atoms with van der Waals surface area (Å²) in [4.78, 5) is 0. The van der Waals surface area contributed by atoms with E-state index in [0.717, 1.165) is 16.7 Å². The predicted molar refractivity (Wildman–Crippen MR) is 79.2 cm³/mol. The molecule has 0 bridgehead atoms. The van der Waals surface area contributed by atoms with E-state index in [1.54, 1.807) is 32.4 Å². The van der Waals surface area contributed by atoms with Crippen LogP contribution in [0.4, 0.5) is 0 Å². The summed E-state index contributed by atoms with van der Waals surface area (Å²) in [6.45, 7) is 0.518. The van der Waals surface area contributed by atoms with Crippen molar-refractivity contribution in [3.05, 3.63) is 64.2 Å². The van der Waals surface area contributed by atoms with Crippen molar-refractivity contribution >= 4 is 11.6 Å². The molecule has 0 spiro atoms. The topological polar surface area (TPSA) is 38.7 Å². The lowest BCUT2D eigenvalue weighted by molar-refractivity contribution is 0.184. The number of rotatable bonds is 5. The Bertz CT molecular complexity index is 584. The van der Waals surface area contributed by atoms with Crippen molar-refractivity contribution in [1.82, 2.24) is 0 Å². The molecule has 106 valence electrons. The minimum absolute atomic E-state index is 0.518. The van der Waals surface area contributed by atoms with Crippen LogP contribution >= 0.6 is 11.6 Å². The molecule has 2 rings (SSSR count). The van der Waals surface area contributed by atoms with Crippen LogP contribution in [0.3, 0.4) is 0 Å². The van der Waals surface area contributed by atoms with Crippen LogP contribution in [0.15, 0.2) is 42.5 Å². The molecule has 2 aromatic carbocycles. The molecule has 4 heteroatoms. The highest BCUT2D eigenvalue weighted by atomic mass is 35.5. The Balaban J connectivity index is 2.30. The predicted octanol–water partition coefficient (Wildman–Crippen LogP) is 3.58. The summed E-state index contributed by atoms with van der Waals surface area (Å²) in [6, 6.07) is 12.9. The van der Waals surface area contributed by atoms with E-state index >= 15 is 0 Å². The zero-order valence-corrected chi connectivity index (χ0v) is 12.2. The minimum atomic E-state index is -0.724. The van der Waals surface area contributed by atoms with Crippen LogP contribution in [0.25, 0.3) is 0 Å². The summed E-state index contributed by atoms with van der Waals surface area (Å²) in [5.41, 5.74) is 2.56. The fourth-order valence-electron chi connectivity index (χ4n) is 2.06. The van der Waals surface area contributed by atoms with Gasteiger partial charge in [0.15, 0.2) is 0 Å². The minimum Gasteiger partial charge on any atom is -0.495 e. The van der Waals surface area contributed by atoms with Gasteiger partial charge in [-0.3, -0.25) is 0 Å². The second-order valence-electron chi connectivity index (χ2n) is 4.47. The number of halogens is 1. The number of aliphatic hydroxyl groups is 1. The van der Waals surface area contributed by atoms with Crippen molar-refractivity contribution in [1.29, 1.82) is 0 Å². The lowest BCUT2D eigenvalue weighted by Crippen LogP contribution is -2.01. The Morgan fingerprint density at radius 2 is 1.85 bits per heavy atom. The van der Waals surface area contributed by atoms with Gasteiger partial charge in [0.05, 0.1) is 18.7 Å². The van der Waals surface area contributed by atoms with Crippen LogP contribution in [0.1, 0.15) is 22.8 Å². The van der Waals surface area contributed by atoms with E-state index in [2.05, 4.69) is 0 Å². The first-order valence-electron chi connectivity index (χ1n) is 6.25. The van der Waals surface area contributed by atoms with Gasteiger partial charge in [0.25, 0.3) is 0 Å². The molecule has 0 fully saturated rings. The Morgan fingerprint density at radius 3 is 2.55 bits per heavy atom. The highest BCUT2D eigenvalue weighted by Crippen LogP contribution is 2.30. The third kappa shape index (κ3) is 3.31. The summed E-state index contributed by atoms with van der Waals surface area (Å²) >= 11 is 5.99. The van der Waals surface area contributed by atoms with Crippen LogP contribution in [-0.4, -0.2) is 19.3 Å². The average molecular weight is 293 g/mol. The number of benzene rings is 2. The van der Waals surface area contributed by atoms with Crippen molar-refractivity contribution < 1.29 is 14.6 Å². The molecule has 3 nitrogen and oxygen atoms in total. The number of aliphatic hydroxyl groups excluding tert-OH is 1. The molecular formula is C16H17ClO3. The molecule has 0 saturated carbocycles. The first kappa shape index (κ1) is 14.9. The average Bonchev–Trinajstić information content (AvgIpc) is 2.48. The third-order valence-electron chi connectivity index (χ3n) is 3.07. The van der Waals surface area contributed by atoms with Gasteiger partial charge >= 0.3 is 0 Å². The van der Waals surface area contributed by atoms with Gasteiger partial charge in [-0.2, -0.15) is 0 Å². The largest absolute Gasteiger partial charge is 0.495 e. The molecule has 20 heavy (non-hydrogen) atoms. The molecule has 0 aromatic heterocycles. The van der Waals surface area contributed by atoms with Crippen molar-refractivity contribution in [2.24, 2.45) is 0 Å². The normalized spacial score (nSPS) is 12.2. The lowest BCUT2D eigenvalue weighted by atomic mass is 9.99. The summed E-state index contributed by atoms with van der Waals surface area (Å²) in [5.74, 6) is 0.552. The zero-order chi connectivity index (χ0) is 14.5. The third-order valence-corrected chi connectivity index (χ3v) is 3.38. The second-order valence-corrected chi connectivity index (χ2v) is 4.88. The van der Waals surface area contributed by atoms with Crippen LogP contribution in [0, 0.1) is 0 Å². The number of methoxy groups -OCH3 is 2. The van der Waals surface area contributed by atoms with E-state index in [0.29, 0.717) is 17.4 Å². The molecule has 1 N–H and O–H groups in total. The molecule has 0 heterocycles. The van der Waals surface area contributed by atoms with Crippen molar-refractivity contribution in [3.63, 3.8) is 0 Å². The highest BCUT2D eigenvalue weighted by molar-refractivity contribution is 6.32. The molecule has 1 unspecified atom stereocenters. The van der Waals surface area contributed by atoms with Gasteiger partial charge in [-0.05, 0) is 28.8 Å². The quantitative estimate of drug-likeness (QED) is 0.915. The lowest BCUT2D eigenvalue weighted by Gasteiger charge is -2.14. The molecule has 0 radical (unpaired) electrons. The molecule has 0 aliphatic rings. The van der Waals surface area contributed by atoms with Gasteiger partial charge in [-0.15, -0.1) is 0 Å². The van der Waals surface area contributed by atoms with Crippen molar-refractivity contribution in [3.8, 4) is 5.75 Å². The molecule has 0 amide bonds. The molecule has 0 aliphatic carbocycles. The van der Waals surface area contributed by atoms with E-state index in [9.17, 15) is 5.11 Å². The molecule has 2 aromatic rings. The number of hydrogen-bond acceptors (Lipinski definition) is 3. The van der Waals surface area contributed by atoms with Crippen molar-refractivity contribution in [2.75, 3.05) is 14.2 Å². The summed E-state index contributed by atoms with van der Waals surface area (Å²) in [6.07, 6.45) is -0.724. The monoisotopic (exact) mass is 292 g/mol. The molecule has 1 atom stereocenters. The molecular weight excluding hydrogens is 276 g/mol. The fraction of sp³-hybridized carbons (Fsp3) is 0.250. The Morgan fingerprint density at radius 1 is 1.10 bits per heavy atom. The summed E-state index contributed by atoms with van der Waals surface area (Å²) in [5, 5.41) is 11.0. The van der Waals surface area contributed by atoms with Gasteiger partial charge in [-0.1, -0.05) is 41.9 Å². The van der Waals surface area contributed by atoms with Gasteiger partial charge in [-0.25, -0.2) is 0 Å². The van der Waals surface area contributed by atoms with E-state index in [1.165, 1.54) is 0 Å². The first-order valence-corrected chi connectivity index (χ1v) is 6.62. The van der Waals surface area contributed by atoms with Gasteiger partial charge in [0.2, 0.25) is 0 Å². The molecule has 0 saturated heterocycles. The van der Waals surface area contributed by atoms with Gasteiger partial charge < -0.3 is 14.6 Å². The standard InChI is InChI=1S/C16H17ClO3/c1-19-10-11-4-3-5-12(8-11)16(18)13-6-7-14(17)15(9-13)20-2/h3-9,16,18H,10H2,1-2H3. The van der Waals surface area contributed by atoms with Crippen molar-refractivity contribution in [2.45, 2.75) is 12.7 Å². The maximum atomic E-state index is 10.5. The maximum absolute atomic E-state index is 10.5. The first-order chi connectivity index (χ1) is 9.65. The summed E-state index contributed by atoms with van der Waals surface area (Å²) < 4.78 is 10.3. The van der Waals surface area contributed by atoms with Crippen LogP contribution in [0.5, 0.6) is 5.75 Å². The summed E-state index contributed by atoms with van der Waals surface area (Å²) in [7, 11) is 3.20. The van der Waals surface area contributed by atoms with Gasteiger partial charge in [0.1, 0.15) is 11.9 Å². The Labute approximate surface area is 123 Å². The SMILES string of the molecule is COCc1cccc(C(O)c2ccc(Cl)c(OC)c2)c1. The van der Waals surface area contributed by atoms with Crippen LogP contribution in [0.2, 0.25) is 5.02 Å². The Hall–Kier alpha value is -1.55. The van der Waals surface area contributed by atoms with E-state index in [4.69, 9.17) is 21.1 Å². The maximum Gasteiger partial charge on any atom is 0.137 e. The van der Waals surface area contributed by atoms with E-state index in [1.807, 2.05) is 24.3 Å². The van der Waals surface area contributed by atoms with Crippen LogP contribution < -0.4 is 4.74 Å². The second kappa shape index (κ2) is 6.75.